The molecule has 0 radical (unpaired) electrons. The number of ketones is 1. The maximum Gasteiger partial charge on any atom is 0.270 e. The average molecular weight is 278 g/mol. The first-order valence-electron chi connectivity index (χ1n) is 5.48. The summed E-state index contributed by atoms with van der Waals surface area (Å²) in [6.07, 6.45) is 3.33. The van der Waals surface area contributed by atoms with Gasteiger partial charge in [-0.05, 0) is 6.07 Å². The Balaban J connectivity index is 2.20. The zero-order valence-corrected chi connectivity index (χ0v) is 10.6. The fourth-order valence-corrected chi connectivity index (χ4v) is 1.84. The van der Waals surface area contributed by atoms with Crippen molar-refractivity contribution in [1.29, 1.82) is 0 Å². The Kier molecular flexibility index (Phi) is 3.87. The van der Waals surface area contributed by atoms with Gasteiger partial charge in [-0.3, -0.25) is 14.9 Å². The number of hydrogen-bond donors (Lipinski definition) is 0. The molecule has 1 aromatic heterocycles. The maximum absolute atomic E-state index is 12.0. The number of Topliss-reactive ketones (excluding diaryl/α,β-unsaturated/α-hetero) is 1. The molecule has 2 aromatic rings. The van der Waals surface area contributed by atoms with Gasteiger partial charge in [-0.25, -0.2) is 0 Å². The van der Waals surface area contributed by atoms with E-state index in [1.54, 1.807) is 35.2 Å². The van der Waals surface area contributed by atoms with Crippen molar-refractivity contribution in [1.82, 2.24) is 0 Å². The lowest BCUT2D eigenvalue weighted by atomic mass is 10.1. The number of halogens is 1. The molecule has 1 heterocycles. The molecule has 0 amide bonds. The summed E-state index contributed by atoms with van der Waals surface area (Å²) in [7, 11) is 0. The molecule has 2 rings (SSSR count). The number of non-ortho nitro benzene ring substituents is 1. The summed E-state index contributed by atoms with van der Waals surface area (Å²) >= 11 is 5.82. The van der Waals surface area contributed by atoms with Gasteiger partial charge in [0.25, 0.3) is 5.69 Å². The first kappa shape index (κ1) is 13.2. The Hall–Kier alpha value is -2.27. The van der Waals surface area contributed by atoms with Crippen LogP contribution in [-0.2, 0) is 6.54 Å². The molecule has 0 spiro atoms. The highest BCUT2D eigenvalue weighted by atomic mass is 35.5. The fraction of sp³-hybridized carbons (Fsp3) is 0.0769. The Bertz CT molecular complexity index is 643. The van der Waals surface area contributed by atoms with E-state index < -0.39 is 4.92 Å². The van der Waals surface area contributed by atoms with Crippen molar-refractivity contribution in [2.24, 2.45) is 0 Å². The smallest absolute Gasteiger partial charge is 0.270 e. The number of nitro benzene ring substituents is 1. The summed E-state index contributed by atoms with van der Waals surface area (Å²) in [6, 6.07) is 9.10. The van der Waals surface area contributed by atoms with E-state index in [-0.39, 0.29) is 18.0 Å². The molecule has 0 bridgehead atoms. The maximum atomic E-state index is 12.0. The molecule has 0 aliphatic heterocycles. The lowest BCUT2D eigenvalue weighted by molar-refractivity contribution is -0.683. The van der Waals surface area contributed by atoms with Crippen LogP contribution in [0, 0.1) is 10.1 Å². The fourth-order valence-electron chi connectivity index (χ4n) is 1.64. The van der Waals surface area contributed by atoms with Gasteiger partial charge in [0, 0.05) is 23.8 Å². The minimum atomic E-state index is -0.524. The van der Waals surface area contributed by atoms with E-state index in [1.807, 2.05) is 0 Å². The number of pyridine rings is 1. The summed E-state index contributed by atoms with van der Waals surface area (Å²) in [5, 5.41) is 11.2. The minimum absolute atomic E-state index is 0.0850. The molecule has 0 unspecified atom stereocenters. The van der Waals surface area contributed by atoms with Crippen LogP contribution < -0.4 is 4.57 Å². The molecule has 0 aliphatic rings. The molecule has 0 saturated carbocycles. The summed E-state index contributed by atoms with van der Waals surface area (Å²) in [5.41, 5.74) is 0.212. The van der Waals surface area contributed by atoms with Gasteiger partial charge in [-0.2, -0.15) is 4.57 Å². The van der Waals surface area contributed by atoms with Crippen molar-refractivity contribution < 1.29 is 14.3 Å². The van der Waals surface area contributed by atoms with Crippen LogP contribution in [0.3, 0.4) is 0 Å². The molecule has 0 aliphatic carbocycles. The van der Waals surface area contributed by atoms with Gasteiger partial charge >= 0.3 is 0 Å². The monoisotopic (exact) mass is 277 g/mol. The lowest BCUT2D eigenvalue weighted by Crippen LogP contribution is -2.37. The quantitative estimate of drug-likeness (QED) is 0.373. The second-order valence-electron chi connectivity index (χ2n) is 3.93. The van der Waals surface area contributed by atoms with E-state index >= 15 is 0 Å². The average Bonchev–Trinajstić information content (AvgIpc) is 2.39. The van der Waals surface area contributed by atoms with Gasteiger partial charge in [-0.15, -0.1) is 0 Å². The van der Waals surface area contributed by atoms with Crippen molar-refractivity contribution in [2.75, 3.05) is 0 Å². The highest BCUT2D eigenvalue weighted by Crippen LogP contribution is 2.13. The molecular weight excluding hydrogens is 268 g/mol. The second kappa shape index (κ2) is 5.58. The number of carbonyl (C=O) groups is 1. The third kappa shape index (κ3) is 3.35. The molecule has 19 heavy (non-hydrogen) atoms. The van der Waals surface area contributed by atoms with Crippen molar-refractivity contribution in [3.63, 3.8) is 0 Å². The Labute approximate surface area is 114 Å². The van der Waals surface area contributed by atoms with E-state index in [1.165, 1.54) is 18.2 Å². The highest BCUT2D eigenvalue weighted by Gasteiger charge is 2.15. The highest BCUT2D eigenvalue weighted by molar-refractivity contribution is 6.30. The van der Waals surface area contributed by atoms with Crippen LogP contribution >= 0.6 is 11.6 Å². The first-order valence-corrected chi connectivity index (χ1v) is 5.86. The van der Waals surface area contributed by atoms with E-state index in [0.29, 0.717) is 10.6 Å². The molecule has 0 saturated heterocycles. The molecular formula is C13H10ClN2O3+. The molecule has 96 valence electrons. The number of nitro groups is 1. The first-order chi connectivity index (χ1) is 9.06. The zero-order valence-electron chi connectivity index (χ0n) is 9.82. The SMILES string of the molecule is O=C(C[n+]1cccc(Cl)c1)c1cccc([N+](=O)[O-])c1. The molecule has 6 heteroatoms. The predicted octanol–water partition coefficient (Wildman–Crippen LogP) is 2.42. The molecule has 5 nitrogen and oxygen atoms in total. The van der Waals surface area contributed by atoms with Crippen molar-refractivity contribution >= 4 is 23.1 Å². The second-order valence-corrected chi connectivity index (χ2v) is 4.36. The number of nitrogens with zero attached hydrogens (tertiary/aromatic N) is 2. The molecule has 1 aromatic carbocycles. The van der Waals surface area contributed by atoms with E-state index in [0.717, 1.165) is 0 Å². The van der Waals surface area contributed by atoms with Crippen LogP contribution in [0.2, 0.25) is 5.02 Å². The Morgan fingerprint density at radius 1 is 1.32 bits per heavy atom. The summed E-state index contributed by atoms with van der Waals surface area (Å²) in [4.78, 5) is 22.1. The number of hydrogen-bond acceptors (Lipinski definition) is 3. The van der Waals surface area contributed by atoms with Crippen LogP contribution in [0.5, 0.6) is 0 Å². The predicted molar refractivity (Wildman–Crippen MR) is 69.1 cm³/mol. The molecule has 0 atom stereocenters. The van der Waals surface area contributed by atoms with Crippen molar-refractivity contribution in [3.8, 4) is 0 Å². The van der Waals surface area contributed by atoms with Crippen LogP contribution in [0.1, 0.15) is 10.4 Å². The zero-order chi connectivity index (χ0) is 13.8. The minimum Gasteiger partial charge on any atom is -0.287 e. The normalized spacial score (nSPS) is 10.2. The Morgan fingerprint density at radius 3 is 2.79 bits per heavy atom. The van der Waals surface area contributed by atoms with E-state index in [2.05, 4.69) is 0 Å². The van der Waals surface area contributed by atoms with Gasteiger partial charge in [0.15, 0.2) is 12.4 Å². The van der Waals surface area contributed by atoms with Crippen molar-refractivity contribution in [2.45, 2.75) is 6.54 Å². The summed E-state index contributed by atoms with van der Waals surface area (Å²) in [5.74, 6) is -0.212. The van der Waals surface area contributed by atoms with Gasteiger partial charge in [0.05, 0.1) is 4.92 Å². The van der Waals surface area contributed by atoms with E-state index in [4.69, 9.17) is 11.6 Å². The lowest BCUT2D eigenvalue weighted by Gasteiger charge is -1.99. The van der Waals surface area contributed by atoms with Crippen LogP contribution in [0.4, 0.5) is 5.69 Å². The topological polar surface area (TPSA) is 64.1 Å². The standard InChI is InChI=1S/C13H10ClN2O3/c14-11-4-2-6-15(8-11)9-13(17)10-3-1-5-12(7-10)16(18)19/h1-8H,9H2/q+1. The largest absolute Gasteiger partial charge is 0.287 e. The Morgan fingerprint density at radius 2 is 2.11 bits per heavy atom. The van der Waals surface area contributed by atoms with Crippen LogP contribution in [0.25, 0.3) is 0 Å². The summed E-state index contributed by atoms with van der Waals surface area (Å²) in [6.45, 7) is 0.0850. The van der Waals surface area contributed by atoms with Crippen molar-refractivity contribution in [3.05, 3.63) is 69.5 Å². The van der Waals surface area contributed by atoms with E-state index in [9.17, 15) is 14.9 Å². The third-order valence-corrected chi connectivity index (χ3v) is 2.75. The van der Waals surface area contributed by atoms with Crippen LogP contribution in [0.15, 0.2) is 48.8 Å². The number of benzene rings is 1. The number of aromatic nitrogens is 1. The number of rotatable bonds is 4. The summed E-state index contributed by atoms with van der Waals surface area (Å²) < 4.78 is 1.63. The van der Waals surface area contributed by atoms with Crippen LogP contribution in [-0.4, -0.2) is 10.7 Å². The third-order valence-electron chi connectivity index (χ3n) is 2.53. The van der Waals surface area contributed by atoms with Gasteiger partial charge < -0.3 is 0 Å². The van der Waals surface area contributed by atoms with Gasteiger partial charge in [-0.1, -0.05) is 23.7 Å². The molecule has 0 fully saturated rings. The van der Waals surface area contributed by atoms with Gasteiger partial charge in [0.1, 0.15) is 5.02 Å². The number of carbonyl (C=O) groups excluding carboxylic acids is 1. The molecule has 0 N–H and O–H groups in total. The van der Waals surface area contributed by atoms with Gasteiger partial charge in [0.2, 0.25) is 12.3 Å².